The second-order valence-corrected chi connectivity index (χ2v) is 3.92. The Morgan fingerprint density at radius 2 is 2.43 bits per heavy atom. The molecule has 0 spiro atoms. The van der Waals surface area contributed by atoms with Gasteiger partial charge in [0.05, 0.1) is 5.56 Å². The summed E-state index contributed by atoms with van der Waals surface area (Å²) in [4.78, 5) is 8.15. The number of nitrogens with zero attached hydrogens (tertiary/aromatic N) is 2. The van der Waals surface area contributed by atoms with Crippen LogP contribution in [-0.2, 0) is 0 Å². The van der Waals surface area contributed by atoms with Crippen LogP contribution >= 0.6 is 36.0 Å². The molecule has 0 aliphatic heterocycles. The Bertz CT molecular complexity index is 371. The number of aromatic nitrogens is 2. The van der Waals surface area contributed by atoms with Crippen LogP contribution in [0, 0.1) is 11.8 Å². The molecule has 0 saturated carbocycles. The maximum absolute atomic E-state index is 5.90. The minimum absolute atomic E-state index is 0.413. The standard InChI is InChI=1S/C9H9ClN2S2/c1-14-9-11-6-7(8(10)12-9)4-2-3-5-13/h6,13H,3,5H2,1H3. The van der Waals surface area contributed by atoms with Gasteiger partial charge in [-0.2, -0.15) is 12.6 Å². The zero-order valence-corrected chi connectivity index (χ0v) is 10.1. The van der Waals surface area contributed by atoms with Crippen LogP contribution in [0.3, 0.4) is 0 Å². The lowest BCUT2D eigenvalue weighted by atomic mass is 10.3. The molecule has 5 heteroatoms. The Morgan fingerprint density at radius 3 is 3.00 bits per heavy atom. The van der Waals surface area contributed by atoms with Gasteiger partial charge in [-0.3, -0.25) is 0 Å². The first kappa shape index (κ1) is 11.7. The van der Waals surface area contributed by atoms with Gasteiger partial charge in [0.25, 0.3) is 0 Å². The zero-order valence-electron chi connectivity index (χ0n) is 7.62. The molecule has 0 amide bonds. The molecule has 0 N–H and O–H groups in total. The van der Waals surface area contributed by atoms with Crippen molar-refractivity contribution >= 4 is 36.0 Å². The van der Waals surface area contributed by atoms with Gasteiger partial charge in [-0.05, 0) is 6.26 Å². The number of hydrogen-bond acceptors (Lipinski definition) is 4. The highest BCUT2D eigenvalue weighted by molar-refractivity contribution is 7.98. The molecular formula is C9H9ClN2S2. The lowest BCUT2D eigenvalue weighted by Gasteiger charge is -1.96. The summed E-state index contributed by atoms with van der Waals surface area (Å²) in [6, 6.07) is 0. The molecule has 0 aromatic carbocycles. The molecule has 1 rings (SSSR count). The largest absolute Gasteiger partial charge is 0.230 e. The molecule has 0 unspecified atom stereocenters. The first-order chi connectivity index (χ1) is 6.77. The SMILES string of the molecule is CSc1ncc(C#CCCS)c(Cl)n1. The van der Waals surface area contributed by atoms with Crippen molar-refractivity contribution in [2.24, 2.45) is 0 Å². The molecule has 1 aromatic heterocycles. The van der Waals surface area contributed by atoms with Crippen molar-refractivity contribution in [3.8, 4) is 11.8 Å². The number of thiol groups is 1. The monoisotopic (exact) mass is 244 g/mol. The molecule has 1 heterocycles. The Labute approximate surface area is 98.3 Å². The minimum Gasteiger partial charge on any atom is -0.230 e. The van der Waals surface area contributed by atoms with Crippen molar-refractivity contribution in [1.29, 1.82) is 0 Å². The lowest BCUT2D eigenvalue weighted by molar-refractivity contribution is 0.965. The van der Waals surface area contributed by atoms with E-state index in [1.165, 1.54) is 11.8 Å². The van der Waals surface area contributed by atoms with Gasteiger partial charge in [0, 0.05) is 18.4 Å². The highest BCUT2D eigenvalue weighted by atomic mass is 35.5. The normalized spacial score (nSPS) is 9.36. The average molecular weight is 245 g/mol. The predicted molar refractivity (Wildman–Crippen MR) is 64.2 cm³/mol. The van der Waals surface area contributed by atoms with Crippen LogP contribution in [-0.4, -0.2) is 22.0 Å². The van der Waals surface area contributed by atoms with Gasteiger partial charge in [0.1, 0.15) is 5.15 Å². The number of halogens is 1. The van der Waals surface area contributed by atoms with Crippen LogP contribution in [0.2, 0.25) is 5.15 Å². The molecule has 2 nitrogen and oxygen atoms in total. The predicted octanol–water partition coefficient (Wildman–Crippen LogP) is 2.52. The van der Waals surface area contributed by atoms with E-state index in [1.807, 2.05) is 6.26 Å². The average Bonchev–Trinajstić information content (AvgIpc) is 2.20. The van der Waals surface area contributed by atoms with Gasteiger partial charge < -0.3 is 0 Å². The summed E-state index contributed by atoms with van der Waals surface area (Å²) >= 11 is 11.4. The van der Waals surface area contributed by atoms with Gasteiger partial charge in [0.15, 0.2) is 5.16 Å². The fourth-order valence-corrected chi connectivity index (χ4v) is 1.42. The molecule has 14 heavy (non-hydrogen) atoms. The van der Waals surface area contributed by atoms with E-state index in [0.29, 0.717) is 15.9 Å². The molecular weight excluding hydrogens is 236 g/mol. The molecule has 1 aromatic rings. The maximum Gasteiger partial charge on any atom is 0.188 e. The van der Waals surface area contributed by atoms with E-state index in [4.69, 9.17) is 11.6 Å². The number of hydrogen-bond donors (Lipinski definition) is 1. The molecule has 0 radical (unpaired) electrons. The molecule has 0 atom stereocenters. The topological polar surface area (TPSA) is 25.8 Å². The zero-order chi connectivity index (χ0) is 10.4. The Morgan fingerprint density at radius 1 is 1.64 bits per heavy atom. The number of rotatable bonds is 2. The van der Waals surface area contributed by atoms with Gasteiger partial charge in [-0.1, -0.05) is 35.2 Å². The van der Waals surface area contributed by atoms with Crippen LogP contribution in [0.4, 0.5) is 0 Å². The Balaban J connectivity index is 2.85. The molecule has 0 fully saturated rings. The first-order valence-corrected chi connectivity index (χ1v) is 6.17. The van der Waals surface area contributed by atoms with E-state index in [0.717, 1.165) is 12.2 Å². The summed E-state index contributed by atoms with van der Waals surface area (Å²) in [6.07, 6.45) is 4.29. The second-order valence-electron chi connectivity index (χ2n) is 2.34. The summed E-state index contributed by atoms with van der Waals surface area (Å²) in [5, 5.41) is 1.07. The van der Waals surface area contributed by atoms with Gasteiger partial charge in [0.2, 0.25) is 0 Å². The van der Waals surface area contributed by atoms with E-state index < -0.39 is 0 Å². The Kier molecular flexibility index (Phi) is 5.16. The van der Waals surface area contributed by atoms with Crippen molar-refractivity contribution in [1.82, 2.24) is 9.97 Å². The summed E-state index contributed by atoms with van der Waals surface area (Å²) in [5.41, 5.74) is 0.672. The smallest absolute Gasteiger partial charge is 0.188 e. The second kappa shape index (κ2) is 6.18. The molecule has 0 aliphatic rings. The summed E-state index contributed by atoms with van der Waals surface area (Å²) in [7, 11) is 0. The third-order valence-electron chi connectivity index (χ3n) is 1.36. The highest BCUT2D eigenvalue weighted by Crippen LogP contribution is 2.15. The van der Waals surface area contributed by atoms with E-state index in [1.54, 1.807) is 6.20 Å². The van der Waals surface area contributed by atoms with Crippen LogP contribution in [0.25, 0.3) is 0 Å². The lowest BCUT2D eigenvalue weighted by Crippen LogP contribution is -1.89. The molecule has 74 valence electrons. The van der Waals surface area contributed by atoms with Crippen LogP contribution in [0.1, 0.15) is 12.0 Å². The Hall–Kier alpha value is -0.370. The van der Waals surface area contributed by atoms with Crippen LogP contribution in [0.15, 0.2) is 11.4 Å². The summed E-state index contributed by atoms with van der Waals surface area (Å²) in [5.74, 6) is 6.58. The van der Waals surface area contributed by atoms with Crippen molar-refractivity contribution in [2.75, 3.05) is 12.0 Å². The van der Waals surface area contributed by atoms with Crippen molar-refractivity contribution < 1.29 is 0 Å². The van der Waals surface area contributed by atoms with Gasteiger partial charge in [-0.25, -0.2) is 9.97 Å². The van der Waals surface area contributed by atoms with Crippen molar-refractivity contribution in [3.63, 3.8) is 0 Å². The first-order valence-electron chi connectivity index (χ1n) is 3.94. The number of thioether (sulfide) groups is 1. The summed E-state index contributed by atoms with van der Waals surface area (Å²) in [6.45, 7) is 0. The van der Waals surface area contributed by atoms with Gasteiger partial charge in [-0.15, -0.1) is 0 Å². The van der Waals surface area contributed by atoms with Crippen LogP contribution < -0.4 is 0 Å². The molecule has 0 bridgehead atoms. The van der Waals surface area contributed by atoms with Crippen LogP contribution in [0.5, 0.6) is 0 Å². The van der Waals surface area contributed by atoms with E-state index in [9.17, 15) is 0 Å². The van der Waals surface area contributed by atoms with Crippen molar-refractivity contribution in [2.45, 2.75) is 11.6 Å². The van der Waals surface area contributed by atoms with Gasteiger partial charge >= 0.3 is 0 Å². The third-order valence-corrected chi connectivity index (χ3v) is 2.44. The fraction of sp³-hybridized carbons (Fsp3) is 0.333. The van der Waals surface area contributed by atoms with E-state index in [-0.39, 0.29) is 0 Å². The summed E-state index contributed by atoms with van der Waals surface area (Å²) < 4.78 is 0. The highest BCUT2D eigenvalue weighted by Gasteiger charge is 2.00. The fourth-order valence-electron chi connectivity index (χ4n) is 0.742. The molecule has 0 saturated heterocycles. The third kappa shape index (κ3) is 3.41. The minimum atomic E-state index is 0.413. The quantitative estimate of drug-likeness (QED) is 0.285. The maximum atomic E-state index is 5.90. The van der Waals surface area contributed by atoms with E-state index in [2.05, 4.69) is 34.4 Å². The van der Waals surface area contributed by atoms with Crippen molar-refractivity contribution in [3.05, 3.63) is 16.9 Å². The van der Waals surface area contributed by atoms with E-state index >= 15 is 0 Å². The molecule has 0 aliphatic carbocycles.